The van der Waals surface area contributed by atoms with E-state index in [4.69, 9.17) is 4.74 Å². The summed E-state index contributed by atoms with van der Waals surface area (Å²) in [5, 5.41) is 2.98. The zero-order chi connectivity index (χ0) is 31.7. The molecule has 0 fully saturated rings. The third kappa shape index (κ3) is 8.48. The van der Waals surface area contributed by atoms with Gasteiger partial charge < -0.3 is 15.0 Å². The van der Waals surface area contributed by atoms with Crippen molar-refractivity contribution in [2.24, 2.45) is 0 Å². The van der Waals surface area contributed by atoms with Crippen LogP contribution in [0.4, 0.5) is 5.69 Å². The minimum Gasteiger partial charge on any atom is -0.457 e. The van der Waals surface area contributed by atoms with Crippen LogP contribution in [0.25, 0.3) is 0 Å². The molecule has 4 aromatic rings. The number of amides is 2. The number of nitrogens with one attached hydrogen (secondary N) is 1. The van der Waals surface area contributed by atoms with Gasteiger partial charge in [-0.05, 0) is 81.3 Å². The molecule has 0 spiro atoms. The Kier molecular flexibility index (Phi) is 10.4. The number of sulfonamides is 1. The zero-order valence-corrected chi connectivity index (χ0v) is 26.3. The molecular weight excluding hydrogens is 574 g/mol. The first-order valence-electron chi connectivity index (χ1n) is 14.5. The highest BCUT2D eigenvalue weighted by Crippen LogP contribution is 2.28. The first-order chi connectivity index (χ1) is 21.0. The minimum absolute atomic E-state index is 0.0459. The number of hydrogen-bond donors (Lipinski definition) is 1. The largest absolute Gasteiger partial charge is 0.457 e. The summed E-state index contributed by atoms with van der Waals surface area (Å²) >= 11 is 0. The maximum absolute atomic E-state index is 14.2. The van der Waals surface area contributed by atoms with E-state index in [0.29, 0.717) is 17.9 Å². The Morgan fingerprint density at radius 3 is 1.84 bits per heavy atom. The van der Waals surface area contributed by atoms with Gasteiger partial charge in [0, 0.05) is 12.1 Å². The van der Waals surface area contributed by atoms with Crippen LogP contribution in [0, 0.1) is 0 Å². The Balaban J connectivity index is 1.71. The Labute approximate surface area is 260 Å². The standard InChI is InChI=1S/C35H39N3O5S/c1-5-32(34(40)36-35(2,3)4)37(25-27-15-9-6-10-16-27)33(39)26-38(44(41,42)31-19-13-8-14-20-31)28-21-23-30(24-22-28)43-29-17-11-7-12-18-29/h6-24,32H,5,25-26H2,1-4H3,(H,36,40). The number of carbonyl (C=O) groups is 2. The molecule has 1 unspecified atom stereocenters. The highest BCUT2D eigenvalue weighted by molar-refractivity contribution is 7.92. The number of anilines is 1. The molecule has 2 amide bonds. The SMILES string of the molecule is CCC(C(=O)NC(C)(C)C)N(Cc1ccccc1)C(=O)CN(c1ccc(Oc2ccccc2)cc1)S(=O)(=O)c1ccccc1. The molecule has 4 rings (SSSR count). The van der Waals surface area contributed by atoms with Crippen LogP contribution in [0.1, 0.15) is 39.7 Å². The molecule has 0 aromatic heterocycles. The summed E-state index contributed by atoms with van der Waals surface area (Å²) in [4.78, 5) is 29.2. The van der Waals surface area contributed by atoms with Crippen molar-refractivity contribution in [3.63, 3.8) is 0 Å². The first kappa shape index (κ1) is 32.3. The molecule has 0 heterocycles. The number of ether oxygens (including phenoxy) is 1. The molecule has 0 aliphatic rings. The van der Waals surface area contributed by atoms with E-state index in [2.05, 4.69) is 5.32 Å². The molecule has 1 N–H and O–H groups in total. The normalized spacial score (nSPS) is 12.2. The van der Waals surface area contributed by atoms with Crippen LogP contribution in [-0.4, -0.2) is 43.3 Å². The lowest BCUT2D eigenvalue weighted by molar-refractivity contribution is -0.141. The average Bonchev–Trinajstić information content (AvgIpc) is 3.00. The van der Waals surface area contributed by atoms with Crippen LogP contribution in [-0.2, 0) is 26.2 Å². The fraction of sp³-hybridized carbons (Fsp3) is 0.257. The van der Waals surface area contributed by atoms with Crippen LogP contribution in [0.5, 0.6) is 11.5 Å². The van der Waals surface area contributed by atoms with E-state index in [9.17, 15) is 18.0 Å². The van der Waals surface area contributed by atoms with Crippen molar-refractivity contribution in [1.29, 1.82) is 0 Å². The van der Waals surface area contributed by atoms with Gasteiger partial charge in [-0.1, -0.05) is 73.7 Å². The Bertz CT molecular complexity index is 1620. The highest BCUT2D eigenvalue weighted by atomic mass is 32.2. The maximum Gasteiger partial charge on any atom is 0.264 e. The van der Waals surface area contributed by atoms with Crippen molar-refractivity contribution in [3.05, 3.63) is 121 Å². The topological polar surface area (TPSA) is 96.0 Å². The van der Waals surface area contributed by atoms with Gasteiger partial charge in [0.1, 0.15) is 24.1 Å². The van der Waals surface area contributed by atoms with Crippen molar-refractivity contribution in [1.82, 2.24) is 10.2 Å². The summed E-state index contributed by atoms with van der Waals surface area (Å²) in [7, 11) is -4.16. The number of nitrogens with zero attached hydrogens (tertiary/aromatic N) is 2. The third-order valence-corrected chi connectivity index (χ3v) is 8.58. The third-order valence-electron chi connectivity index (χ3n) is 6.79. The van der Waals surface area contributed by atoms with Crippen molar-refractivity contribution in [2.45, 2.75) is 57.1 Å². The van der Waals surface area contributed by atoms with Crippen molar-refractivity contribution in [3.8, 4) is 11.5 Å². The molecule has 0 radical (unpaired) electrons. The molecule has 8 nitrogen and oxygen atoms in total. The second-order valence-corrected chi connectivity index (χ2v) is 13.3. The molecule has 0 bridgehead atoms. The fourth-order valence-electron chi connectivity index (χ4n) is 4.71. The van der Waals surface area contributed by atoms with Crippen LogP contribution in [0.3, 0.4) is 0 Å². The smallest absolute Gasteiger partial charge is 0.264 e. The van der Waals surface area contributed by atoms with Gasteiger partial charge >= 0.3 is 0 Å². The summed E-state index contributed by atoms with van der Waals surface area (Å²) in [5.41, 5.74) is 0.593. The number of carbonyl (C=O) groups excluding carboxylic acids is 2. The lowest BCUT2D eigenvalue weighted by Gasteiger charge is -2.34. The quantitative estimate of drug-likeness (QED) is 0.200. The van der Waals surface area contributed by atoms with E-state index in [1.807, 2.05) is 88.4 Å². The Morgan fingerprint density at radius 2 is 1.30 bits per heavy atom. The van der Waals surface area contributed by atoms with E-state index in [1.165, 1.54) is 17.0 Å². The molecule has 44 heavy (non-hydrogen) atoms. The van der Waals surface area contributed by atoms with E-state index in [0.717, 1.165) is 9.87 Å². The molecule has 230 valence electrons. The van der Waals surface area contributed by atoms with Crippen molar-refractivity contribution in [2.75, 3.05) is 10.8 Å². The molecule has 0 aliphatic carbocycles. The molecular formula is C35H39N3O5S. The second kappa shape index (κ2) is 14.2. The van der Waals surface area contributed by atoms with Crippen molar-refractivity contribution < 1.29 is 22.7 Å². The van der Waals surface area contributed by atoms with Gasteiger partial charge in [-0.2, -0.15) is 0 Å². The van der Waals surface area contributed by atoms with E-state index in [-0.39, 0.29) is 23.0 Å². The lowest BCUT2D eigenvalue weighted by Crippen LogP contribution is -2.55. The highest BCUT2D eigenvalue weighted by Gasteiger charge is 2.34. The van der Waals surface area contributed by atoms with Crippen LogP contribution in [0.2, 0.25) is 0 Å². The first-order valence-corrected chi connectivity index (χ1v) is 16.0. The van der Waals surface area contributed by atoms with E-state index < -0.39 is 34.1 Å². The number of para-hydroxylation sites is 1. The number of hydrogen-bond acceptors (Lipinski definition) is 5. The fourth-order valence-corrected chi connectivity index (χ4v) is 6.14. The van der Waals surface area contributed by atoms with Gasteiger partial charge in [-0.25, -0.2) is 8.42 Å². The zero-order valence-electron chi connectivity index (χ0n) is 25.5. The van der Waals surface area contributed by atoms with Gasteiger partial charge in [-0.15, -0.1) is 0 Å². The van der Waals surface area contributed by atoms with Gasteiger partial charge in [0.25, 0.3) is 10.0 Å². The molecule has 4 aromatic carbocycles. The van der Waals surface area contributed by atoms with E-state index >= 15 is 0 Å². The van der Waals surface area contributed by atoms with Gasteiger partial charge in [0.2, 0.25) is 11.8 Å². The summed E-state index contributed by atoms with van der Waals surface area (Å²) in [5.74, 6) is 0.344. The Morgan fingerprint density at radius 1 is 0.773 bits per heavy atom. The van der Waals surface area contributed by atoms with Crippen molar-refractivity contribution >= 4 is 27.5 Å². The monoisotopic (exact) mass is 613 g/mol. The molecule has 0 aliphatic heterocycles. The Hall–Kier alpha value is -4.63. The van der Waals surface area contributed by atoms with Crippen LogP contribution < -0.4 is 14.4 Å². The number of rotatable bonds is 12. The van der Waals surface area contributed by atoms with Gasteiger partial charge in [0.15, 0.2) is 0 Å². The van der Waals surface area contributed by atoms with E-state index in [1.54, 1.807) is 42.5 Å². The molecule has 1 atom stereocenters. The second-order valence-electron chi connectivity index (χ2n) is 11.4. The van der Waals surface area contributed by atoms with Crippen LogP contribution >= 0.6 is 0 Å². The molecule has 0 saturated carbocycles. The molecule has 0 saturated heterocycles. The maximum atomic E-state index is 14.2. The van der Waals surface area contributed by atoms with Gasteiger partial charge in [-0.3, -0.25) is 13.9 Å². The summed E-state index contributed by atoms with van der Waals surface area (Å²) in [6.07, 6.45) is 0.345. The van der Waals surface area contributed by atoms with Gasteiger partial charge in [0.05, 0.1) is 10.6 Å². The number of benzene rings is 4. The summed E-state index contributed by atoms with van der Waals surface area (Å²) < 4.78 is 35.0. The summed E-state index contributed by atoms with van der Waals surface area (Å²) in [6.45, 7) is 7.09. The molecule has 9 heteroatoms. The predicted octanol–water partition coefficient (Wildman–Crippen LogP) is 6.40. The van der Waals surface area contributed by atoms with Crippen LogP contribution in [0.15, 0.2) is 120 Å². The minimum atomic E-state index is -4.16. The lowest BCUT2D eigenvalue weighted by atomic mass is 10.1. The summed E-state index contributed by atoms with van der Waals surface area (Å²) in [6, 6.07) is 32.3. The predicted molar refractivity (Wildman–Crippen MR) is 173 cm³/mol. The average molecular weight is 614 g/mol.